The Bertz CT molecular complexity index is 363. The summed E-state index contributed by atoms with van der Waals surface area (Å²) in [4.78, 5) is 15.4. The van der Waals surface area contributed by atoms with Gasteiger partial charge >= 0.3 is 0 Å². The van der Waals surface area contributed by atoms with Crippen molar-refractivity contribution in [2.45, 2.75) is 6.54 Å². The smallest absolute Gasteiger partial charge is 0.258 e. The molecule has 0 atom stereocenters. The van der Waals surface area contributed by atoms with Crippen molar-refractivity contribution in [3.8, 4) is 5.75 Å². The molecule has 2 N–H and O–H groups in total. The van der Waals surface area contributed by atoms with Gasteiger partial charge in [-0.3, -0.25) is 9.78 Å². The lowest BCUT2D eigenvalue weighted by atomic mass is 10.3. The van der Waals surface area contributed by atoms with Gasteiger partial charge in [0.1, 0.15) is 5.75 Å². The second-order valence-corrected chi connectivity index (χ2v) is 3.40. The largest absolute Gasteiger partial charge is 0.482 e. The normalized spacial score (nSPS) is 9.71. The predicted molar refractivity (Wildman–Crippen MR) is 65.7 cm³/mol. The fourth-order valence-corrected chi connectivity index (χ4v) is 1.17. The Morgan fingerprint density at radius 1 is 1.59 bits per heavy atom. The highest BCUT2D eigenvalue weighted by Crippen LogP contribution is 2.08. The Kier molecular flexibility index (Phi) is 5.74. The molecule has 17 heavy (non-hydrogen) atoms. The quantitative estimate of drug-likeness (QED) is 0.675. The highest BCUT2D eigenvalue weighted by atomic mass is 16.5. The number of nitrogens with zero attached hydrogens (tertiary/aromatic N) is 1. The van der Waals surface area contributed by atoms with Crippen LogP contribution in [0, 0.1) is 0 Å². The lowest BCUT2D eigenvalue weighted by Gasteiger charge is -2.06. The second-order valence-electron chi connectivity index (χ2n) is 3.40. The summed E-state index contributed by atoms with van der Waals surface area (Å²) in [6.07, 6.45) is 3.22. The molecule has 0 aliphatic carbocycles. The topological polar surface area (TPSA) is 63.2 Å². The van der Waals surface area contributed by atoms with Crippen LogP contribution in [0.3, 0.4) is 0 Å². The monoisotopic (exact) mass is 235 g/mol. The van der Waals surface area contributed by atoms with Gasteiger partial charge in [0.05, 0.1) is 11.9 Å². The third-order valence-corrected chi connectivity index (χ3v) is 1.97. The van der Waals surface area contributed by atoms with Crippen LogP contribution in [0.5, 0.6) is 5.75 Å². The molecule has 1 rings (SSSR count). The van der Waals surface area contributed by atoms with Gasteiger partial charge in [0, 0.05) is 13.1 Å². The summed E-state index contributed by atoms with van der Waals surface area (Å²) in [5.41, 5.74) is 0.927. The summed E-state index contributed by atoms with van der Waals surface area (Å²) in [7, 11) is 1.86. The van der Waals surface area contributed by atoms with Crippen molar-refractivity contribution < 1.29 is 9.53 Å². The maximum atomic E-state index is 11.2. The first kappa shape index (κ1) is 13.2. The number of hydrogen-bond donors (Lipinski definition) is 2. The van der Waals surface area contributed by atoms with E-state index in [9.17, 15) is 4.79 Å². The standard InChI is InChI=1S/C12H17N3O2/c1-3-6-14-12(16)9-17-11-5-4-10(7-13-2)15-8-11/h3-5,8,13H,1,6-7,9H2,2H3,(H,14,16). The summed E-state index contributed by atoms with van der Waals surface area (Å²) in [6.45, 7) is 4.65. The van der Waals surface area contributed by atoms with Crippen LogP contribution >= 0.6 is 0 Å². The Labute approximate surface area is 101 Å². The molecule has 0 unspecified atom stereocenters. The number of nitrogens with one attached hydrogen (secondary N) is 2. The van der Waals surface area contributed by atoms with Gasteiger partial charge < -0.3 is 15.4 Å². The minimum atomic E-state index is -0.177. The van der Waals surface area contributed by atoms with E-state index in [1.807, 2.05) is 13.1 Å². The molecule has 0 radical (unpaired) electrons. The third kappa shape index (κ3) is 5.12. The van der Waals surface area contributed by atoms with E-state index in [-0.39, 0.29) is 12.5 Å². The maximum absolute atomic E-state index is 11.2. The molecule has 0 saturated carbocycles. The maximum Gasteiger partial charge on any atom is 0.258 e. The van der Waals surface area contributed by atoms with Crippen molar-refractivity contribution in [2.24, 2.45) is 0 Å². The van der Waals surface area contributed by atoms with Crippen molar-refractivity contribution >= 4 is 5.91 Å². The number of hydrogen-bond acceptors (Lipinski definition) is 4. The van der Waals surface area contributed by atoms with E-state index >= 15 is 0 Å². The SMILES string of the molecule is C=CCNC(=O)COc1ccc(CNC)nc1. The number of amides is 1. The number of aromatic nitrogens is 1. The predicted octanol–water partition coefficient (Wildman–Crippen LogP) is 0.482. The molecule has 1 aromatic rings. The number of pyridine rings is 1. The van der Waals surface area contributed by atoms with Crippen molar-refractivity contribution in [3.63, 3.8) is 0 Å². The Balaban J connectivity index is 2.36. The summed E-state index contributed by atoms with van der Waals surface area (Å²) >= 11 is 0. The fourth-order valence-electron chi connectivity index (χ4n) is 1.17. The minimum absolute atomic E-state index is 0.0130. The van der Waals surface area contributed by atoms with Crippen LogP contribution < -0.4 is 15.4 Å². The van der Waals surface area contributed by atoms with E-state index in [1.54, 1.807) is 18.3 Å². The van der Waals surface area contributed by atoms with E-state index < -0.39 is 0 Å². The second kappa shape index (κ2) is 7.40. The van der Waals surface area contributed by atoms with Gasteiger partial charge in [-0.25, -0.2) is 0 Å². The van der Waals surface area contributed by atoms with Crippen LogP contribution in [-0.2, 0) is 11.3 Å². The molecular formula is C12H17N3O2. The molecule has 5 heteroatoms. The molecule has 0 bridgehead atoms. The molecule has 5 nitrogen and oxygen atoms in total. The molecule has 1 amide bonds. The molecule has 92 valence electrons. The summed E-state index contributed by atoms with van der Waals surface area (Å²) in [6, 6.07) is 3.65. The molecule has 0 spiro atoms. The fraction of sp³-hybridized carbons (Fsp3) is 0.333. The molecular weight excluding hydrogens is 218 g/mol. The summed E-state index contributed by atoms with van der Waals surface area (Å²) in [5, 5.41) is 5.62. The van der Waals surface area contributed by atoms with Crippen LogP contribution in [-0.4, -0.2) is 31.1 Å². The van der Waals surface area contributed by atoms with Gasteiger partial charge in [0.25, 0.3) is 5.91 Å². The molecule has 0 fully saturated rings. The molecule has 0 aliphatic rings. The first-order valence-electron chi connectivity index (χ1n) is 5.36. The number of carbonyl (C=O) groups excluding carboxylic acids is 1. The Morgan fingerprint density at radius 2 is 2.41 bits per heavy atom. The van der Waals surface area contributed by atoms with E-state index in [4.69, 9.17) is 4.74 Å². The highest BCUT2D eigenvalue weighted by molar-refractivity contribution is 5.77. The van der Waals surface area contributed by atoms with E-state index in [0.29, 0.717) is 18.8 Å². The van der Waals surface area contributed by atoms with Crippen molar-refractivity contribution in [3.05, 3.63) is 36.7 Å². The molecule has 0 saturated heterocycles. The first-order valence-corrected chi connectivity index (χ1v) is 5.36. The van der Waals surface area contributed by atoms with Crippen LogP contribution in [0.1, 0.15) is 5.69 Å². The van der Waals surface area contributed by atoms with Gasteiger partial charge in [0.2, 0.25) is 0 Å². The van der Waals surface area contributed by atoms with Crippen LogP contribution in [0.25, 0.3) is 0 Å². The van der Waals surface area contributed by atoms with E-state index in [1.165, 1.54) is 0 Å². The Hall–Kier alpha value is -1.88. The zero-order chi connectivity index (χ0) is 12.5. The highest BCUT2D eigenvalue weighted by Gasteiger charge is 2.01. The zero-order valence-corrected chi connectivity index (χ0v) is 9.90. The zero-order valence-electron chi connectivity index (χ0n) is 9.90. The number of carbonyl (C=O) groups is 1. The van der Waals surface area contributed by atoms with E-state index in [0.717, 1.165) is 5.69 Å². The Morgan fingerprint density at radius 3 is 3.00 bits per heavy atom. The van der Waals surface area contributed by atoms with Crippen molar-refractivity contribution in [1.29, 1.82) is 0 Å². The van der Waals surface area contributed by atoms with Gasteiger partial charge in [-0.15, -0.1) is 6.58 Å². The minimum Gasteiger partial charge on any atom is -0.482 e. The van der Waals surface area contributed by atoms with Gasteiger partial charge in [-0.1, -0.05) is 6.08 Å². The lowest BCUT2D eigenvalue weighted by Crippen LogP contribution is -2.28. The molecule has 1 heterocycles. The molecule has 0 aliphatic heterocycles. The van der Waals surface area contributed by atoms with Crippen molar-refractivity contribution in [1.82, 2.24) is 15.6 Å². The first-order chi connectivity index (χ1) is 8.26. The number of ether oxygens (including phenoxy) is 1. The van der Waals surface area contributed by atoms with Crippen LogP contribution in [0.15, 0.2) is 31.0 Å². The number of rotatable bonds is 7. The lowest BCUT2D eigenvalue weighted by molar-refractivity contribution is -0.122. The average Bonchev–Trinajstić information content (AvgIpc) is 2.36. The summed E-state index contributed by atoms with van der Waals surface area (Å²) in [5.74, 6) is 0.405. The molecule has 0 aromatic carbocycles. The van der Waals surface area contributed by atoms with Gasteiger partial charge in [0.15, 0.2) is 6.61 Å². The summed E-state index contributed by atoms with van der Waals surface area (Å²) < 4.78 is 5.27. The molecule has 1 aromatic heterocycles. The average molecular weight is 235 g/mol. The van der Waals surface area contributed by atoms with Crippen molar-refractivity contribution in [2.75, 3.05) is 20.2 Å². The van der Waals surface area contributed by atoms with Crippen LogP contribution in [0.4, 0.5) is 0 Å². The van der Waals surface area contributed by atoms with Gasteiger partial charge in [-0.05, 0) is 19.2 Å². The van der Waals surface area contributed by atoms with Crippen LogP contribution in [0.2, 0.25) is 0 Å². The third-order valence-electron chi connectivity index (χ3n) is 1.97. The van der Waals surface area contributed by atoms with Gasteiger partial charge in [-0.2, -0.15) is 0 Å². The van der Waals surface area contributed by atoms with E-state index in [2.05, 4.69) is 22.2 Å².